The zero-order valence-electron chi connectivity index (χ0n) is 13.9. The summed E-state index contributed by atoms with van der Waals surface area (Å²) in [6.45, 7) is 0.595. The number of esters is 1. The van der Waals surface area contributed by atoms with E-state index in [2.05, 4.69) is 4.74 Å². The zero-order chi connectivity index (χ0) is 18.1. The molecular formula is C17H21ClO7. The predicted molar refractivity (Wildman–Crippen MR) is 88.3 cm³/mol. The SMILES string of the molecule is COC(=O)COCC1OCCC(OC(=O)Cl)[C@@H]1OCc1ccccc1. The Bertz CT molecular complexity index is 551. The average molecular weight is 373 g/mol. The van der Waals surface area contributed by atoms with E-state index in [1.807, 2.05) is 30.3 Å². The highest BCUT2D eigenvalue weighted by Gasteiger charge is 2.38. The number of rotatable bonds is 8. The van der Waals surface area contributed by atoms with Gasteiger partial charge in [0.15, 0.2) is 0 Å². The van der Waals surface area contributed by atoms with Crippen molar-refractivity contribution in [1.29, 1.82) is 0 Å². The van der Waals surface area contributed by atoms with E-state index in [1.165, 1.54) is 7.11 Å². The van der Waals surface area contributed by atoms with Gasteiger partial charge >= 0.3 is 11.4 Å². The van der Waals surface area contributed by atoms with Gasteiger partial charge in [0.25, 0.3) is 0 Å². The summed E-state index contributed by atoms with van der Waals surface area (Å²) in [5.74, 6) is -0.485. The Labute approximate surface area is 151 Å². The third kappa shape index (κ3) is 6.62. The van der Waals surface area contributed by atoms with Crippen molar-refractivity contribution in [3.63, 3.8) is 0 Å². The first kappa shape index (κ1) is 19.7. The number of hydrogen-bond acceptors (Lipinski definition) is 7. The number of carbonyl (C=O) groups is 2. The van der Waals surface area contributed by atoms with Crippen LogP contribution >= 0.6 is 11.6 Å². The molecule has 1 heterocycles. The molecule has 7 nitrogen and oxygen atoms in total. The molecule has 2 rings (SSSR count). The second-order valence-electron chi connectivity index (χ2n) is 5.44. The number of hydrogen-bond donors (Lipinski definition) is 0. The van der Waals surface area contributed by atoms with Crippen molar-refractivity contribution in [1.82, 2.24) is 0 Å². The highest BCUT2D eigenvalue weighted by molar-refractivity contribution is 6.61. The second-order valence-corrected chi connectivity index (χ2v) is 5.75. The fourth-order valence-corrected chi connectivity index (χ4v) is 2.64. The van der Waals surface area contributed by atoms with Gasteiger partial charge in [0.1, 0.15) is 24.9 Å². The lowest BCUT2D eigenvalue weighted by Crippen LogP contribution is -2.50. The molecule has 0 radical (unpaired) electrons. The van der Waals surface area contributed by atoms with Crippen molar-refractivity contribution in [2.45, 2.75) is 31.3 Å². The molecule has 2 unspecified atom stereocenters. The number of methoxy groups -OCH3 is 1. The van der Waals surface area contributed by atoms with Crippen molar-refractivity contribution in [2.75, 3.05) is 26.9 Å². The summed E-state index contributed by atoms with van der Waals surface area (Å²) in [6, 6.07) is 9.57. The van der Waals surface area contributed by atoms with Crippen LogP contribution in [0, 0.1) is 0 Å². The van der Waals surface area contributed by atoms with Gasteiger partial charge in [-0.1, -0.05) is 30.3 Å². The molecule has 0 bridgehead atoms. The van der Waals surface area contributed by atoms with Crippen LogP contribution in [0.5, 0.6) is 0 Å². The van der Waals surface area contributed by atoms with Crippen LogP contribution in [-0.2, 0) is 35.1 Å². The molecule has 1 fully saturated rings. The molecule has 0 aromatic heterocycles. The highest BCUT2D eigenvalue weighted by atomic mass is 35.5. The van der Waals surface area contributed by atoms with Gasteiger partial charge in [-0.3, -0.25) is 0 Å². The largest absolute Gasteiger partial charge is 0.467 e. The lowest BCUT2D eigenvalue weighted by atomic mass is 10.0. The van der Waals surface area contributed by atoms with Crippen molar-refractivity contribution < 1.29 is 33.3 Å². The van der Waals surface area contributed by atoms with Crippen molar-refractivity contribution in [3.05, 3.63) is 35.9 Å². The normalized spacial score (nSPS) is 23.0. The van der Waals surface area contributed by atoms with E-state index >= 15 is 0 Å². The van der Waals surface area contributed by atoms with Gasteiger partial charge in [0.2, 0.25) is 0 Å². The molecule has 138 valence electrons. The lowest BCUT2D eigenvalue weighted by molar-refractivity contribution is -0.181. The molecule has 0 spiro atoms. The Morgan fingerprint density at radius 2 is 2.04 bits per heavy atom. The topological polar surface area (TPSA) is 80.3 Å². The minimum absolute atomic E-state index is 0.102. The molecule has 8 heteroatoms. The van der Waals surface area contributed by atoms with Crippen LogP contribution in [0.4, 0.5) is 4.79 Å². The van der Waals surface area contributed by atoms with Gasteiger partial charge in [-0.25, -0.2) is 9.59 Å². The Hall–Kier alpha value is -1.67. The fraction of sp³-hybridized carbons (Fsp3) is 0.529. The van der Waals surface area contributed by atoms with Crippen molar-refractivity contribution in [3.8, 4) is 0 Å². The van der Waals surface area contributed by atoms with E-state index in [-0.39, 0.29) is 13.2 Å². The molecule has 0 saturated carbocycles. The van der Waals surface area contributed by atoms with Gasteiger partial charge in [-0.05, 0) is 5.56 Å². The third-order valence-corrected chi connectivity index (χ3v) is 3.82. The van der Waals surface area contributed by atoms with Gasteiger partial charge in [-0.15, -0.1) is 0 Å². The van der Waals surface area contributed by atoms with E-state index in [0.717, 1.165) is 5.56 Å². The first-order valence-electron chi connectivity index (χ1n) is 7.88. The molecule has 0 aliphatic carbocycles. The first-order valence-corrected chi connectivity index (χ1v) is 8.25. The average Bonchev–Trinajstić information content (AvgIpc) is 2.61. The fourth-order valence-electron chi connectivity index (χ4n) is 2.52. The maximum absolute atomic E-state index is 11.1. The smallest absolute Gasteiger partial charge is 0.404 e. The molecule has 0 amide bonds. The van der Waals surface area contributed by atoms with E-state index in [9.17, 15) is 9.59 Å². The number of benzene rings is 1. The molecule has 1 saturated heterocycles. The molecule has 3 atom stereocenters. The van der Waals surface area contributed by atoms with Crippen LogP contribution < -0.4 is 0 Å². The van der Waals surface area contributed by atoms with Crippen LogP contribution in [0.2, 0.25) is 0 Å². The van der Waals surface area contributed by atoms with E-state index in [1.54, 1.807) is 0 Å². The van der Waals surface area contributed by atoms with Crippen LogP contribution in [0.15, 0.2) is 30.3 Å². The molecular weight excluding hydrogens is 352 g/mol. The Kier molecular flexibility index (Phi) is 8.14. The highest BCUT2D eigenvalue weighted by Crippen LogP contribution is 2.23. The third-order valence-electron chi connectivity index (χ3n) is 3.73. The maximum Gasteiger partial charge on any atom is 0.404 e. The Morgan fingerprint density at radius 1 is 1.28 bits per heavy atom. The maximum atomic E-state index is 11.1. The summed E-state index contributed by atoms with van der Waals surface area (Å²) in [5, 5.41) is 0. The quantitative estimate of drug-likeness (QED) is 0.511. The monoisotopic (exact) mass is 372 g/mol. The lowest BCUT2D eigenvalue weighted by Gasteiger charge is -2.36. The standard InChI is InChI=1S/C17H21ClO7/c1-21-15(19)11-22-10-14-16(13(7-8-23-14)25-17(18)20)24-9-12-5-3-2-4-6-12/h2-6,13-14,16H,7-11H2,1H3/t13?,14?,16-/m0/s1. The zero-order valence-corrected chi connectivity index (χ0v) is 14.6. The Balaban J connectivity index is 1.97. The molecule has 1 aliphatic heterocycles. The summed E-state index contributed by atoms with van der Waals surface area (Å²) in [6.07, 6.45) is -1.14. The predicted octanol–water partition coefficient (Wildman–Crippen LogP) is 2.29. The molecule has 0 N–H and O–H groups in total. The summed E-state index contributed by atoms with van der Waals surface area (Å²) in [4.78, 5) is 22.3. The molecule has 1 aromatic carbocycles. The van der Waals surface area contributed by atoms with Gasteiger partial charge in [-0.2, -0.15) is 0 Å². The summed E-state index contributed by atoms with van der Waals surface area (Å²) < 4.78 is 26.6. The molecule has 1 aliphatic rings. The minimum Gasteiger partial charge on any atom is -0.467 e. The van der Waals surface area contributed by atoms with Crippen LogP contribution in [0.25, 0.3) is 0 Å². The van der Waals surface area contributed by atoms with Crippen molar-refractivity contribution >= 4 is 23.0 Å². The summed E-state index contributed by atoms with van der Waals surface area (Å²) in [5.41, 5.74) is 0.0766. The van der Waals surface area contributed by atoms with Crippen LogP contribution in [0.1, 0.15) is 12.0 Å². The van der Waals surface area contributed by atoms with Gasteiger partial charge in [0, 0.05) is 18.0 Å². The summed E-state index contributed by atoms with van der Waals surface area (Å²) in [7, 11) is 1.28. The van der Waals surface area contributed by atoms with Crippen LogP contribution in [0.3, 0.4) is 0 Å². The molecule has 1 aromatic rings. The second kappa shape index (κ2) is 10.4. The van der Waals surface area contributed by atoms with E-state index in [4.69, 9.17) is 30.5 Å². The van der Waals surface area contributed by atoms with E-state index < -0.39 is 29.7 Å². The number of ether oxygens (including phenoxy) is 5. The Morgan fingerprint density at radius 3 is 2.72 bits per heavy atom. The first-order chi connectivity index (χ1) is 12.1. The van der Waals surface area contributed by atoms with Gasteiger partial charge in [0.05, 0.1) is 26.9 Å². The number of halogens is 1. The number of carbonyl (C=O) groups excluding carboxylic acids is 2. The van der Waals surface area contributed by atoms with Crippen molar-refractivity contribution in [2.24, 2.45) is 0 Å². The van der Waals surface area contributed by atoms with E-state index in [0.29, 0.717) is 19.6 Å². The molecule has 25 heavy (non-hydrogen) atoms. The summed E-state index contributed by atoms with van der Waals surface area (Å²) >= 11 is 5.36. The minimum atomic E-state index is -0.894. The van der Waals surface area contributed by atoms with Crippen LogP contribution in [-0.4, -0.2) is 56.6 Å². The van der Waals surface area contributed by atoms with Gasteiger partial charge < -0.3 is 23.7 Å².